The van der Waals surface area contributed by atoms with Crippen LogP contribution in [0.15, 0.2) is 54.6 Å². The van der Waals surface area contributed by atoms with E-state index in [0.29, 0.717) is 29.7 Å². The molecule has 80 heavy (non-hydrogen) atoms. The van der Waals surface area contributed by atoms with Gasteiger partial charge in [-0.2, -0.15) is 0 Å². The Balaban J connectivity index is 1.92. The van der Waals surface area contributed by atoms with Crippen molar-refractivity contribution in [1.82, 2.24) is 30.7 Å². The number of benzene rings is 2. The van der Waals surface area contributed by atoms with Gasteiger partial charge >= 0.3 is 24.0 Å². The van der Waals surface area contributed by atoms with Crippen molar-refractivity contribution in [2.45, 2.75) is 182 Å². The third-order valence-electron chi connectivity index (χ3n) is 14.7. The largest absolute Gasteiger partial charge is 0.497 e. The summed E-state index contributed by atoms with van der Waals surface area (Å²) in [7, 11) is 4.29. The lowest BCUT2D eigenvalue weighted by Crippen LogP contribution is -2.62. The number of nitrogens with zero attached hydrogens (tertiary/aromatic N) is 3. The Labute approximate surface area is 471 Å². The Morgan fingerprint density at radius 2 is 1.49 bits per heavy atom. The predicted octanol–water partition coefficient (Wildman–Crippen LogP) is 5.33. The molecule has 21 heteroatoms. The molecule has 2 aromatic carbocycles. The van der Waals surface area contributed by atoms with E-state index in [-0.39, 0.29) is 50.7 Å². The average molecular weight is 1120 g/mol. The molecule has 0 aromatic heterocycles. The number of nitrogens with one attached hydrogen (secondary N) is 3. The van der Waals surface area contributed by atoms with Crippen molar-refractivity contribution in [3.63, 3.8) is 0 Å². The first-order chi connectivity index (χ1) is 37.7. The van der Waals surface area contributed by atoms with E-state index in [2.05, 4.69) is 16.0 Å². The molecular weight excluding hydrogens is 1030 g/mol. The number of ketones is 1. The van der Waals surface area contributed by atoms with Crippen molar-refractivity contribution in [3.8, 4) is 5.75 Å². The topological polar surface area (TPSA) is 263 Å². The molecule has 4 rings (SSSR count). The zero-order valence-corrected chi connectivity index (χ0v) is 49.1. The van der Waals surface area contributed by atoms with E-state index >= 15 is 4.79 Å². The first-order valence-corrected chi connectivity index (χ1v) is 27.8. The quantitative estimate of drug-likeness (QED) is 0.109. The molecule has 0 saturated carbocycles. The Morgan fingerprint density at radius 1 is 0.838 bits per heavy atom. The lowest BCUT2D eigenvalue weighted by molar-refractivity contribution is -0.166. The van der Waals surface area contributed by atoms with Crippen LogP contribution in [0.5, 0.6) is 5.75 Å². The van der Waals surface area contributed by atoms with E-state index < -0.39 is 138 Å². The Hall–Kier alpha value is -7.06. The maximum atomic E-state index is 15.2. The molecule has 442 valence electrons. The Bertz CT molecular complexity index is 2470. The Kier molecular flexibility index (Phi) is 25.0. The van der Waals surface area contributed by atoms with Crippen LogP contribution in [-0.4, -0.2) is 156 Å². The van der Waals surface area contributed by atoms with Gasteiger partial charge < -0.3 is 49.4 Å². The zero-order valence-electron chi connectivity index (χ0n) is 49.1. The molecule has 2 saturated heterocycles. The van der Waals surface area contributed by atoms with Crippen LogP contribution in [-0.2, 0) is 75.1 Å². The molecule has 3 N–H and O–H groups in total. The van der Waals surface area contributed by atoms with E-state index in [4.69, 9.17) is 23.7 Å². The van der Waals surface area contributed by atoms with E-state index in [1.54, 1.807) is 76.2 Å². The minimum absolute atomic E-state index is 0.0933. The highest BCUT2D eigenvalue weighted by molar-refractivity contribution is 6.05. The number of rotatable bonds is 16. The van der Waals surface area contributed by atoms with Crippen molar-refractivity contribution < 1.29 is 71.6 Å². The molecule has 0 radical (unpaired) electrons. The molecule has 2 aliphatic heterocycles. The predicted molar refractivity (Wildman–Crippen MR) is 295 cm³/mol. The lowest BCUT2D eigenvalue weighted by atomic mass is 9.91. The highest BCUT2D eigenvalue weighted by atomic mass is 16.6. The fraction of sp³-hybridized carbons (Fsp3) is 0.627. The highest BCUT2D eigenvalue weighted by Crippen LogP contribution is 2.27. The van der Waals surface area contributed by atoms with Gasteiger partial charge in [-0.15, -0.1) is 0 Å². The summed E-state index contributed by atoms with van der Waals surface area (Å²) in [5.41, 5.74) is 1.28. The van der Waals surface area contributed by atoms with Crippen LogP contribution in [0.1, 0.15) is 126 Å². The van der Waals surface area contributed by atoms with Crippen molar-refractivity contribution in [2.24, 2.45) is 29.6 Å². The van der Waals surface area contributed by atoms with Gasteiger partial charge in [0.25, 0.3) is 0 Å². The van der Waals surface area contributed by atoms with E-state index in [9.17, 15) is 43.2 Å². The lowest BCUT2D eigenvalue weighted by Gasteiger charge is -2.36. The number of amides is 6. The van der Waals surface area contributed by atoms with Crippen molar-refractivity contribution >= 4 is 59.3 Å². The summed E-state index contributed by atoms with van der Waals surface area (Å²) >= 11 is 0. The van der Waals surface area contributed by atoms with Crippen LogP contribution in [0.25, 0.3) is 0 Å². The standard InChI is InChI=1S/C59H86N6O15/c1-15-36(8)49-47(79-39(11)66)31-48(67)80-52(35(6)7)51(68)37(9)53(69)60-43(28-33(2)3)56(72)65-27-19-22-44(65)57(73)63(12)46(30-40-23-25-42(76-14)26-24-40)58(74)78-38(10)50(55(71)61-49)62-54(70)45(29-34(4)5)64(13)59(75)77-32-41-20-17-16-18-21-41/h16-18,20-21,23-26,33-38,43-47,49-50,52H,15,19,22,27-32H2,1-14H3,(H,60,69)(H,61,71)(H,62,70)/t36-,37-,38+,43-,44-,45+,46-,47-,49-,50-,52-/m0/s1. The number of ether oxygens (including phenoxy) is 5. The molecule has 0 bridgehead atoms. The molecule has 0 spiro atoms. The normalized spacial score (nSPS) is 25.0. The molecule has 21 nitrogen and oxygen atoms in total. The van der Waals surface area contributed by atoms with Gasteiger partial charge in [-0.25, -0.2) is 9.59 Å². The van der Waals surface area contributed by atoms with Gasteiger partial charge in [0.2, 0.25) is 29.5 Å². The number of methoxy groups -OCH3 is 1. The number of cyclic esters (lactones) is 2. The number of esters is 3. The van der Waals surface area contributed by atoms with Gasteiger partial charge in [-0.05, 0) is 86.5 Å². The number of carbonyl (C=O) groups is 10. The molecule has 2 aromatic rings. The smallest absolute Gasteiger partial charge is 0.410 e. The van der Waals surface area contributed by atoms with Gasteiger partial charge in [0.15, 0.2) is 11.9 Å². The third kappa shape index (κ3) is 18.2. The number of carbonyl (C=O) groups excluding carboxylic acids is 10. The summed E-state index contributed by atoms with van der Waals surface area (Å²) in [5, 5.41) is 8.37. The van der Waals surface area contributed by atoms with Crippen LogP contribution in [0, 0.1) is 29.6 Å². The number of fused-ring (bicyclic) bond motifs is 1. The van der Waals surface area contributed by atoms with Crippen LogP contribution < -0.4 is 20.7 Å². The summed E-state index contributed by atoms with van der Waals surface area (Å²) in [6, 6.07) is 7.81. The molecule has 0 aliphatic carbocycles. The number of hydrogen-bond donors (Lipinski definition) is 3. The zero-order chi connectivity index (χ0) is 59.7. The van der Waals surface area contributed by atoms with Crippen molar-refractivity contribution in [1.29, 1.82) is 0 Å². The molecule has 2 fully saturated rings. The molecule has 0 unspecified atom stereocenters. The molecular formula is C59H86N6O15. The second-order valence-corrected chi connectivity index (χ2v) is 22.4. The molecule has 11 atom stereocenters. The molecule has 6 amide bonds. The van der Waals surface area contributed by atoms with Gasteiger partial charge in [0.05, 0.1) is 25.5 Å². The minimum Gasteiger partial charge on any atom is -0.497 e. The Morgan fingerprint density at radius 3 is 2.06 bits per heavy atom. The van der Waals surface area contributed by atoms with E-state index in [0.717, 1.165) is 11.8 Å². The minimum atomic E-state index is -1.76. The van der Waals surface area contributed by atoms with Crippen LogP contribution in [0.3, 0.4) is 0 Å². The molecule has 2 heterocycles. The SMILES string of the molecule is CC[C@H](C)[C@@H]1NC(=O)[C@@H](NC(=O)[C@@H](CC(C)C)N(C)C(=O)OCc2ccccc2)[C@@H](C)OC(=O)[C@H](Cc2ccc(OC)cc2)N(C)C(=O)[C@@H]2CCCN2C(=O)[C@H](CC(C)C)NC(=O)[C@@H](C)C(=O)[C@H](C(C)C)OC(=O)C[C@@H]1OC(C)=O. The van der Waals surface area contributed by atoms with Crippen LogP contribution >= 0.6 is 0 Å². The second kappa shape index (κ2) is 30.5. The number of likely N-dealkylation sites (N-methyl/N-ethyl adjacent to an activating group) is 2. The maximum Gasteiger partial charge on any atom is 0.410 e. The summed E-state index contributed by atoms with van der Waals surface area (Å²) in [6.07, 6.45) is -4.92. The van der Waals surface area contributed by atoms with Gasteiger partial charge in [0, 0.05) is 34.0 Å². The second-order valence-electron chi connectivity index (χ2n) is 22.4. The van der Waals surface area contributed by atoms with Gasteiger partial charge in [-0.1, -0.05) is 104 Å². The maximum absolute atomic E-state index is 15.2. The summed E-state index contributed by atoms with van der Waals surface area (Å²) in [4.78, 5) is 147. The summed E-state index contributed by atoms with van der Waals surface area (Å²) in [6.45, 7) is 18.0. The van der Waals surface area contributed by atoms with Gasteiger partial charge in [-0.3, -0.25) is 43.3 Å². The number of Topliss-reactive ketones (excluding diaryl/α,β-unsaturated/α-hetero) is 1. The third-order valence-corrected chi connectivity index (χ3v) is 14.7. The van der Waals surface area contributed by atoms with E-state index in [1.165, 1.54) is 44.9 Å². The summed E-state index contributed by atoms with van der Waals surface area (Å²) < 4.78 is 28.7. The summed E-state index contributed by atoms with van der Waals surface area (Å²) in [5.74, 6) is -9.84. The fourth-order valence-corrected chi connectivity index (χ4v) is 9.86. The van der Waals surface area contributed by atoms with Crippen molar-refractivity contribution in [3.05, 3.63) is 65.7 Å². The first-order valence-electron chi connectivity index (χ1n) is 27.8. The van der Waals surface area contributed by atoms with Crippen molar-refractivity contribution in [2.75, 3.05) is 27.7 Å². The van der Waals surface area contributed by atoms with Crippen LogP contribution in [0.4, 0.5) is 4.79 Å². The van der Waals surface area contributed by atoms with Crippen LogP contribution in [0.2, 0.25) is 0 Å². The van der Waals surface area contributed by atoms with Gasteiger partial charge in [0.1, 0.15) is 54.8 Å². The highest BCUT2D eigenvalue weighted by Gasteiger charge is 2.45. The average Bonchev–Trinajstić information content (AvgIpc) is 3.91. The fourth-order valence-electron chi connectivity index (χ4n) is 9.86. The number of hydrogen-bond acceptors (Lipinski definition) is 15. The van der Waals surface area contributed by atoms with E-state index in [1.807, 2.05) is 33.8 Å². The monoisotopic (exact) mass is 1120 g/mol. The first kappa shape index (κ1) is 65.5. The molecule has 2 aliphatic rings.